The molecular weight excluding hydrogens is 317 g/mol. The second-order valence-electron chi connectivity index (χ2n) is 2.01. The molecule has 0 aliphatic rings. The van der Waals surface area contributed by atoms with Crippen LogP contribution in [0.15, 0.2) is 23.1 Å². The van der Waals surface area contributed by atoms with Crippen molar-refractivity contribution in [1.82, 2.24) is 0 Å². The second-order valence-corrected chi connectivity index (χ2v) is 5.79. The summed E-state index contributed by atoms with van der Waals surface area (Å²) in [6.07, 6.45) is 0. The highest BCUT2D eigenvalue weighted by Gasteiger charge is 2.15. The highest BCUT2D eigenvalue weighted by molar-refractivity contribution is 14.1. The van der Waals surface area contributed by atoms with Gasteiger partial charge in [0.15, 0.2) is 0 Å². The van der Waals surface area contributed by atoms with Crippen molar-refractivity contribution in [3.05, 3.63) is 27.6 Å². The lowest BCUT2D eigenvalue weighted by atomic mass is 10.3. The van der Waals surface area contributed by atoms with Gasteiger partial charge in [-0.25, -0.2) is 12.8 Å². The number of benzene rings is 1. The Hall–Kier alpha value is 0.120. The molecule has 0 aromatic heterocycles. The van der Waals surface area contributed by atoms with Gasteiger partial charge >= 0.3 is 0 Å². The largest absolute Gasteiger partial charge is 0.264 e. The number of rotatable bonds is 1. The van der Waals surface area contributed by atoms with E-state index in [1.807, 2.05) is 22.6 Å². The van der Waals surface area contributed by atoms with Crippen LogP contribution in [0.2, 0.25) is 0 Å². The van der Waals surface area contributed by atoms with Crippen molar-refractivity contribution in [1.29, 1.82) is 0 Å². The lowest BCUT2D eigenvalue weighted by Crippen LogP contribution is -1.95. The molecule has 0 N–H and O–H groups in total. The summed E-state index contributed by atoms with van der Waals surface area (Å²) >= 11 is 1.87. The summed E-state index contributed by atoms with van der Waals surface area (Å²) in [4.78, 5) is -0.482. The van der Waals surface area contributed by atoms with E-state index in [4.69, 9.17) is 10.7 Å². The average Bonchev–Trinajstić information content (AvgIpc) is 1.83. The van der Waals surface area contributed by atoms with E-state index in [1.54, 1.807) is 0 Å². The van der Waals surface area contributed by atoms with E-state index in [2.05, 4.69) is 0 Å². The summed E-state index contributed by atoms with van der Waals surface area (Å²) in [5.41, 5.74) is 0. The normalized spacial score (nSPS) is 11.6. The third-order valence-corrected chi connectivity index (χ3v) is 3.18. The smallest absolute Gasteiger partial charge is 0.207 e. The van der Waals surface area contributed by atoms with Gasteiger partial charge in [0.05, 0.1) is 0 Å². The van der Waals surface area contributed by atoms with Crippen LogP contribution in [0.1, 0.15) is 0 Å². The minimum absolute atomic E-state index is 0.482. The van der Waals surface area contributed by atoms with Crippen molar-refractivity contribution in [3.63, 3.8) is 0 Å². The second kappa shape index (κ2) is 3.47. The highest BCUT2D eigenvalue weighted by atomic mass is 127. The molecular formula is C6H3ClFIO2S. The van der Waals surface area contributed by atoms with Gasteiger partial charge in [0.2, 0.25) is 0 Å². The summed E-state index contributed by atoms with van der Waals surface area (Å²) in [6, 6.07) is 3.72. The zero-order valence-corrected chi connectivity index (χ0v) is 9.32. The van der Waals surface area contributed by atoms with Gasteiger partial charge in [-0.15, -0.1) is 0 Å². The summed E-state index contributed by atoms with van der Waals surface area (Å²) in [5, 5.41) is 0. The molecule has 0 saturated heterocycles. The lowest BCUT2D eigenvalue weighted by Gasteiger charge is -1.97. The van der Waals surface area contributed by atoms with Crippen LogP contribution in [-0.4, -0.2) is 8.42 Å². The van der Waals surface area contributed by atoms with Crippen LogP contribution in [0.3, 0.4) is 0 Å². The maximum atomic E-state index is 12.9. The molecule has 0 radical (unpaired) electrons. The first-order valence-corrected chi connectivity index (χ1v) is 6.20. The molecule has 1 aromatic carbocycles. The Kier molecular flexibility index (Phi) is 2.95. The van der Waals surface area contributed by atoms with Crippen LogP contribution in [0.4, 0.5) is 4.39 Å². The van der Waals surface area contributed by atoms with Crippen LogP contribution in [0.25, 0.3) is 0 Å². The van der Waals surface area contributed by atoms with E-state index < -0.39 is 19.8 Å². The molecule has 0 bridgehead atoms. The Morgan fingerprint density at radius 1 is 1.42 bits per heavy atom. The third-order valence-electron chi connectivity index (χ3n) is 1.16. The summed E-state index contributed by atoms with van der Waals surface area (Å²) in [6.45, 7) is 0. The minimum atomic E-state index is -3.96. The SMILES string of the molecule is O=S(=O)(Cl)c1ccc(I)cc1F. The molecule has 0 spiro atoms. The highest BCUT2D eigenvalue weighted by Crippen LogP contribution is 2.20. The van der Waals surface area contributed by atoms with Crippen molar-refractivity contribution in [2.45, 2.75) is 4.90 Å². The standard InChI is InChI=1S/C6H3ClFIO2S/c7-12(10,11)6-2-1-4(9)3-5(6)8/h1-3H. The Bertz CT molecular complexity index is 404. The molecule has 0 aliphatic heterocycles. The van der Waals surface area contributed by atoms with Gasteiger partial charge in [0.1, 0.15) is 10.7 Å². The number of hydrogen-bond acceptors (Lipinski definition) is 2. The quantitative estimate of drug-likeness (QED) is 0.588. The fourth-order valence-electron chi connectivity index (χ4n) is 0.673. The van der Waals surface area contributed by atoms with Crippen molar-refractivity contribution >= 4 is 42.3 Å². The van der Waals surface area contributed by atoms with Crippen LogP contribution in [-0.2, 0) is 9.05 Å². The summed E-state index contributed by atoms with van der Waals surface area (Å²) < 4.78 is 34.9. The van der Waals surface area contributed by atoms with Crippen molar-refractivity contribution in [2.75, 3.05) is 0 Å². The summed E-state index contributed by atoms with van der Waals surface area (Å²) in [7, 11) is 0.990. The van der Waals surface area contributed by atoms with E-state index in [0.29, 0.717) is 3.57 Å². The average molecular weight is 321 g/mol. The molecule has 1 aromatic rings. The van der Waals surface area contributed by atoms with Crippen LogP contribution < -0.4 is 0 Å². The maximum Gasteiger partial charge on any atom is 0.264 e. The molecule has 0 aliphatic carbocycles. The van der Waals surface area contributed by atoms with Crippen LogP contribution in [0.5, 0.6) is 0 Å². The maximum absolute atomic E-state index is 12.9. The minimum Gasteiger partial charge on any atom is -0.207 e. The topological polar surface area (TPSA) is 34.1 Å². The first-order valence-electron chi connectivity index (χ1n) is 2.81. The van der Waals surface area contributed by atoms with Gasteiger partial charge in [-0.1, -0.05) is 0 Å². The lowest BCUT2D eigenvalue weighted by molar-refractivity contribution is 0.575. The van der Waals surface area contributed by atoms with Crippen molar-refractivity contribution in [2.24, 2.45) is 0 Å². The fourth-order valence-corrected chi connectivity index (χ4v) is 2.02. The Balaban J connectivity index is 3.39. The van der Waals surface area contributed by atoms with E-state index >= 15 is 0 Å². The Labute approximate surface area is 87.3 Å². The fraction of sp³-hybridized carbons (Fsp3) is 0. The summed E-state index contributed by atoms with van der Waals surface area (Å²) in [5.74, 6) is -0.822. The van der Waals surface area contributed by atoms with E-state index in [0.717, 1.165) is 12.1 Å². The molecule has 66 valence electrons. The van der Waals surface area contributed by atoms with E-state index in [1.165, 1.54) is 6.07 Å². The predicted octanol–water partition coefficient (Wildman–Crippen LogP) is 2.36. The van der Waals surface area contributed by atoms with Crippen LogP contribution >= 0.6 is 33.3 Å². The number of hydrogen-bond donors (Lipinski definition) is 0. The zero-order valence-electron chi connectivity index (χ0n) is 5.59. The zero-order chi connectivity index (χ0) is 9.35. The van der Waals surface area contributed by atoms with Gasteiger partial charge in [-0.3, -0.25) is 0 Å². The van der Waals surface area contributed by atoms with Gasteiger partial charge in [0.25, 0.3) is 9.05 Å². The van der Waals surface area contributed by atoms with E-state index in [9.17, 15) is 12.8 Å². The molecule has 2 nitrogen and oxygen atoms in total. The molecule has 0 fully saturated rings. The molecule has 0 amide bonds. The molecule has 1 rings (SSSR count). The van der Waals surface area contributed by atoms with Gasteiger partial charge in [0, 0.05) is 14.3 Å². The first-order chi connectivity index (χ1) is 5.41. The monoisotopic (exact) mass is 320 g/mol. The molecule has 0 atom stereocenters. The van der Waals surface area contributed by atoms with Gasteiger partial charge in [-0.2, -0.15) is 0 Å². The van der Waals surface area contributed by atoms with Gasteiger partial charge < -0.3 is 0 Å². The molecule has 12 heavy (non-hydrogen) atoms. The third kappa shape index (κ3) is 2.30. The van der Waals surface area contributed by atoms with Gasteiger partial charge in [-0.05, 0) is 40.8 Å². The van der Waals surface area contributed by atoms with Crippen molar-refractivity contribution < 1.29 is 12.8 Å². The molecule has 0 unspecified atom stereocenters. The van der Waals surface area contributed by atoms with Crippen molar-refractivity contribution in [3.8, 4) is 0 Å². The van der Waals surface area contributed by atoms with E-state index in [-0.39, 0.29) is 0 Å². The van der Waals surface area contributed by atoms with Crippen LogP contribution in [0, 0.1) is 9.39 Å². The molecule has 0 saturated carbocycles. The first kappa shape index (κ1) is 10.2. The Morgan fingerprint density at radius 3 is 2.42 bits per heavy atom. The Morgan fingerprint density at radius 2 is 2.00 bits per heavy atom. The molecule has 6 heteroatoms. The number of halogens is 3. The molecule has 0 heterocycles. The predicted molar refractivity (Wildman–Crippen MR) is 52.2 cm³/mol.